The zero-order valence-electron chi connectivity index (χ0n) is 23.6. The predicted octanol–water partition coefficient (Wildman–Crippen LogP) is 1.16. The Bertz CT molecular complexity index is 814. The standard InChI is InChI=1S/C27H49N5O4Si/c1-7-33-19-34-22-15-24(32-14-13-21-25(30-18-31(5)6)28-17-29-26(21)32)36-23(22)16-35-37(27(2,3)4)20-11-9-8-10-12-20/h8-12,21-26,28-30,37H,7,13-19H2,1-6H3. The van der Waals surface area contributed by atoms with Crippen LogP contribution >= 0.6 is 0 Å². The minimum Gasteiger partial charge on any atom is -0.412 e. The second-order valence-corrected chi connectivity index (χ2v) is 15.3. The lowest BCUT2D eigenvalue weighted by molar-refractivity contribution is -0.122. The molecular weight excluding hydrogens is 486 g/mol. The van der Waals surface area contributed by atoms with Crippen molar-refractivity contribution in [1.29, 1.82) is 0 Å². The Hall–Kier alpha value is -0.923. The van der Waals surface area contributed by atoms with Gasteiger partial charge in [0.25, 0.3) is 0 Å². The van der Waals surface area contributed by atoms with Crippen LogP contribution in [0.15, 0.2) is 30.3 Å². The molecule has 0 spiro atoms. The smallest absolute Gasteiger partial charge is 0.213 e. The summed E-state index contributed by atoms with van der Waals surface area (Å²) in [5.41, 5.74) is 0. The highest BCUT2D eigenvalue weighted by atomic mass is 28.3. The van der Waals surface area contributed by atoms with E-state index in [1.807, 2.05) is 6.92 Å². The molecule has 0 aromatic heterocycles. The molecule has 1 aromatic carbocycles. The van der Waals surface area contributed by atoms with E-state index in [0.29, 0.717) is 19.1 Å². The van der Waals surface area contributed by atoms with E-state index in [9.17, 15) is 0 Å². The molecule has 210 valence electrons. The Morgan fingerprint density at radius 1 is 1.19 bits per heavy atom. The van der Waals surface area contributed by atoms with Crippen LogP contribution in [-0.2, 0) is 18.6 Å². The number of ether oxygens (including phenoxy) is 3. The molecule has 3 saturated heterocycles. The molecule has 3 heterocycles. The fourth-order valence-corrected chi connectivity index (χ4v) is 8.47. The van der Waals surface area contributed by atoms with Gasteiger partial charge in [-0.25, -0.2) is 0 Å². The molecule has 0 amide bonds. The second-order valence-electron chi connectivity index (χ2n) is 11.8. The molecule has 37 heavy (non-hydrogen) atoms. The molecular formula is C27H49N5O4Si. The Balaban J connectivity index is 1.42. The number of fused-ring (bicyclic) bond motifs is 1. The molecule has 7 unspecified atom stereocenters. The molecule has 9 nitrogen and oxygen atoms in total. The summed E-state index contributed by atoms with van der Waals surface area (Å²) in [6.45, 7) is 13.0. The zero-order chi connectivity index (χ0) is 26.4. The van der Waals surface area contributed by atoms with Gasteiger partial charge < -0.3 is 18.6 Å². The van der Waals surface area contributed by atoms with Crippen molar-refractivity contribution in [3.8, 4) is 0 Å². The Morgan fingerprint density at radius 2 is 1.97 bits per heavy atom. The monoisotopic (exact) mass is 535 g/mol. The Labute approximate surface area is 225 Å². The van der Waals surface area contributed by atoms with Crippen molar-refractivity contribution in [3.63, 3.8) is 0 Å². The quantitative estimate of drug-likeness (QED) is 0.208. The first-order valence-electron chi connectivity index (χ1n) is 13.9. The van der Waals surface area contributed by atoms with Crippen molar-refractivity contribution in [2.24, 2.45) is 5.92 Å². The van der Waals surface area contributed by atoms with Gasteiger partial charge in [-0.3, -0.25) is 25.8 Å². The minimum atomic E-state index is -1.71. The largest absolute Gasteiger partial charge is 0.412 e. The van der Waals surface area contributed by atoms with E-state index in [0.717, 1.165) is 32.7 Å². The number of hydrogen-bond acceptors (Lipinski definition) is 9. The molecule has 0 saturated carbocycles. The van der Waals surface area contributed by atoms with Crippen molar-refractivity contribution >= 4 is 14.2 Å². The van der Waals surface area contributed by atoms with Gasteiger partial charge in [0.1, 0.15) is 19.1 Å². The van der Waals surface area contributed by atoms with Crippen LogP contribution in [0.2, 0.25) is 5.04 Å². The summed E-state index contributed by atoms with van der Waals surface area (Å²) < 4.78 is 25.2. The zero-order valence-corrected chi connectivity index (χ0v) is 24.8. The van der Waals surface area contributed by atoms with Crippen LogP contribution in [0.5, 0.6) is 0 Å². The third-order valence-electron chi connectivity index (χ3n) is 7.61. The summed E-state index contributed by atoms with van der Waals surface area (Å²) >= 11 is 0. The molecule has 1 aromatic rings. The highest BCUT2D eigenvalue weighted by molar-refractivity contribution is 6.70. The summed E-state index contributed by atoms with van der Waals surface area (Å²) in [5, 5.41) is 12.4. The Kier molecular flexibility index (Phi) is 10.5. The van der Waals surface area contributed by atoms with Gasteiger partial charge in [-0.2, -0.15) is 0 Å². The first-order chi connectivity index (χ1) is 17.8. The molecule has 0 radical (unpaired) electrons. The van der Waals surface area contributed by atoms with Gasteiger partial charge in [0.2, 0.25) is 9.04 Å². The van der Waals surface area contributed by atoms with Gasteiger partial charge in [0.15, 0.2) is 0 Å². The van der Waals surface area contributed by atoms with Crippen molar-refractivity contribution in [3.05, 3.63) is 30.3 Å². The summed E-state index contributed by atoms with van der Waals surface area (Å²) in [5.74, 6) is 0.478. The highest BCUT2D eigenvalue weighted by Gasteiger charge is 2.48. The average Bonchev–Trinajstić information content (AvgIpc) is 3.47. The number of nitrogens with one attached hydrogen (secondary N) is 3. The van der Waals surface area contributed by atoms with E-state index in [4.69, 9.17) is 18.6 Å². The Morgan fingerprint density at radius 3 is 2.68 bits per heavy atom. The minimum absolute atomic E-state index is 0.00167. The van der Waals surface area contributed by atoms with E-state index in [1.165, 1.54) is 5.19 Å². The van der Waals surface area contributed by atoms with Crippen molar-refractivity contribution in [2.45, 2.75) is 76.3 Å². The molecule has 3 fully saturated rings. The maximum absolute atomic E-state index is 6.74. The maximum Gasteiger partial charge on any atom is 0.213 e. The third kappa shape index (κ3) is 7.60. The van der Waals surface area contributed by atoms with Gasteiger partial charge in [0.05, 0.1) is 25.0 Å². The highest BCUT2D eigenvalue weighted by Crippen LogP contribution is 2.35. The fraction of sp³-hybridized carbons (Fsp3) is 0.778. The molecule has 3 aliphatic heterocycles. The number of nitrogens with zero attached hydrogens (tertiary/aromatic N) is 2. The van der Waals surface area contributed by atoms with Crippen LogP contribution in [0.1, 0.15) is 40.5 Å². The maximum atomic E-state index is 6.74. The summed E-state index contributed by atoms with van der Waals surface area (Å²) in [6, 6.07) is 10.7. The van der Waals surface area contributed by atoms with E-state index in [2.05, 4.69) is 90.9 Å². The molecule has 3 N–H and O–H groups in total. The number of benzene rings is 1. The molecule has 0 bridgehead atoms. The van der Waals surface area contributed by atoms with Crippen LogP contribution < -0.4 is 21.1 Å². The average molecular weight is 536 g/mol. The fourth-order valence-electron chi connectivity index (χ4n) is 5.83. The van der Waals surface area contributed by atoms with E-state index >= 15 is 0 Å². The van der Waals surface area contributed by atoms with E-state index < -0.39 is 9.04 Å². The van der Waals surface area contributed by atoms with Gasteiger partial charge in [-0.1, -0.05) is 51.1 Å². The number of hydrogen-bond donors (Lipinski definition) is 3. The van der Waals surface area contributed by atoms with Crippen molar-refractivity contribution in [2.75, 3.05) is 54.0 Å². The van der Waals surface area contributed by atoms with E-state index in [-0.39, 0.29) is 42.6 Å². The lowest BCUT2D eigenvalue weighted by Gasteiger charge is -2.41. The van der Waals surface area contributed by atoms with Gasteiger partial charge in [-0.15, -0.1) is 0 Å². The second kappa shape index (κ2) is 13.4. The van der Waals surface area contributed by atoms with Crippen LogP contribution in [0.3, 0.4) is 0 Å². The van der Waals surface area contributed by atoms with Crippen LogP contribution in [0.25, 0.3) is 0 Å². The van der Waals surface area contributed by atoms with Crippen LogP contribution in [0, 0.1) is 5.92 Å². The lowest BCUT2D eigenvalue weighted by atomic mass is 10.00. The molecule has 0 aliphatic carbocycles. The summed E-state index contributed by atoms with van der Waals surface area (Å²) in [4.78, 5) is 4.67. The normalized spacial score (nSPS) is 31.6. The number of rotatable bonds is 12. The number of likely N-dealkylation sites (tertiary alicyclic amines) is 1. The first kappa shape index (κ1) is 29.1. The van der Waals surface area contributed by atoms with Crippen molar-refractivity contribution in [1.82, 2.24) is 25.8 Å². The topological polar surface area (TPSA) is 79.5 Å². The van der Waals surface area contributed by atoms with Crippen molar-refractivity contribution < 1.29 is 18.6 Å². The third-order valence-corrected chi connectivity index (χ3v) is 10.7. The SMILES string of the molecule is CCOCOC1CC(N2CCC3C(NCN(C)C)NCNC32)OC1CO[SiH](c1ccccc1)C(C)(C)C. The van der Waals surface area contributed by atoms with Gasteiger partial charge in [0, 0.05) is 38.8 Å². The van der Waals surface area contributed by atoms with Gasteiger partial charge in [-0.05, 0) is 37.7 Å². The van der Waals surface area contributed by atoms with Gasteiger partial charge >= 0.3 is 0 Å². The lowest BCUT2D eigenvalue weighted by Crippen LogP contribution is -2.65. The summed E-state index contributed by atoms with van der Waals surface area (Å²) in [7, 11) is 2.48. The molecule has 4 rings (SSSR count). The first-order valence-corrected chi connectivity index (χ1v) is 15.5. The van der Waals surface area contributed by atoms with Crippen LogP contribution in [-0.4, -0.2) is 104 Å². The van der Waals surface area contributed by atoms with Crippen LogP contribution in [0.4, 0.5) is 0 Å². The van der Waals surface area contributed by atoms with E-state index in [1.54, 1.807) is 0 Å². The molecule has 3 aliphatic rings. The molecule has 10 heteroatoms. The predicted molar refractivity (Wildman–Crippen MR) is 149 cm³/mol. The summed E-state index contributed by atoms with van der Waals surface area (Å²) in [6.07, 6.45) is 2.34. The molecule has 7 atom stereocenters.